The zero-order chi connectivity index (χ0) is 9.88. The summed E-state index contributed by atoms with van der Waals surface area (Å²) in [5.74, 6) is 0. The van der Waals surface area contributed by atoms with Crippen LogP contribution in [-0.4, -0.2) is 0 Å². The molecule has 2 aliphatic rings. The molecule has 0 atom stereocenters. The third-order valence-electron chi connectivity index (χ3n) is 4.05. The first-order valence-electron chi connectivity index (χ1n) is 5.57. The van der Waals surface area contributed by atoms with Crippen LogP contribution >= 0.6 is 0 Å². The summed E-state index contributed by atoms with van der Waals surface area (Å²) < 4.78 is 0. The third kappa shape index (κ3) is 0.753. The predicted molar refractivity (Wildman–Crippen MR) is 61.1 cm³/mol. The van der Waals surface area contributed by atoms with Crippen LogP contribution in [0.2, 0.25) is 0 Å². The van der Waals surface area contributed by atoms with Gasteiger partial charge in [-0.15, -0.1) is 0 Å². The van der Waals surface area contributed by atoms with E-state index in [1.165, 1.54) is 12.8 Å². The van der Waals surface area contributed by atoms with Gasteiger partial charge >= 0.3 is 0 Å². The third-order valence-corrected chi connectivity index (χ3v) is 4.05. The lowest BCUT2D eigenvalue weighted by molar-refractivity contribution is 0.391. The van der Waals surface area contributed by atoms with Crippen LogP contribution in [0.4, 0.5) is 0 Å². The number of rotatable bonds is 0. The Balaban J connectivity index is 1.92. The van der Waals surface area contributed by atoms with E-state index in [4.69, 9.17) is 0 Å². The van der Waals surface area contributed by atoms with E-state index in [-0.39, 0.29) is 0 Å². The molecule has 72 valence electrons. The fraction of sp³-hybridized carbons (Fsp3) is 0.200. The second-order valence-electron chi connectivity index (χ2n) is 4.75. The molecule has 0 N–H and O–H groups in total. The van der Waals surface area contributed by atoms with Gasteiger partial charge < -0.3 is 0 Å². The Kier molecular flexibility index (Phi) is 1.19. The monoisotopic (exact) mass is 192 g/mol. The molecule has 0 fully saturated rings. The van der Waals surface area contributed by atoms with Gasteiger partial charge in [-0.05, 0) is 35.1 Å². The van der Waals surface area contributed by atoms with E-state index in [9.17, 15) is 0 Å². The van der Waals surface area contributed by atoms with Crippen molar-refractivity contribution in [1.82, 2.24) is 0 Å². The lowest BCUT2D eigenvalue weighted by Crippen LogP contribution is -2.48. The van der Waals surface area contributed by atoms with Gasteiger partial charge in [-0.3, -0.25) is 0 Å². The Hall–Kier alpha value is -1.56. The Labute approximate surface area is 89.6 Å². The van der Waals surface area contributed by atoms with Crippen LogP contribution in [0.3, 0.4) is 0 Å². The Morgan fingerprint density at radius 2 is 1.13 bits per heavy atom. The average molecular weight is 192 g/mol. The zero-order valence-corrected chi connectivity index (χ0v) is 8.53. The van der Waals surface area contributed by atoms with E-state index in [1.54, 1.807) is 22.3 Å². The summed E-state index contributed by atoms with van der Waals surface area (Å²) in [6.45, 7) is 0. The van der Waals surface area contributed by atoms with Gasteiger partial charge in [-0.2, -0.15) is 0 Å². The van der Waals surface area contributed by atoms with Gasteiger partial charge in [-0.1, -0.05) is 48.5 Å². The highest BCUT2D eigenvalue weighted by atomic mass is 14.5. The molecule has 0 unspecified atom stereocenters. The minimum absolute atomic E-state index is 0.410. The first kappa shape index (κ1) is 7.70. The summed E-state index contributed by atoms with van der Waals surface area (Å²) in [5.41, 5.74) is 6.65. The first-order valence-corrected chi connectivity index (χ1v) is 5.57. The molecule has 0 heteroatoms. The maximum Gasteiger partial charge on any atom is 0.0289 e. The molecule has 0 saturated carbocycles. The number of hydrogen-bond acceptors (Lipinski definition) is 0. The average Bonchev–Trinajstić information content (AvgIpc) is 2.21. The van der Waals surface area contributed by atoms with Gasteiger partial charge in [0.2, 0.25) is 0 Å². The minimum atomic E-state index is 0.410. The number of benzene rings is 2. The van der Waals surface area contributed by atoms with Crippen molar-refractivity contribution in [3.63, 3.8) is 0 Å². The molecule has 2 aromatic carbocycles. The molecule has 0 bridgehead atoms. The van der Waals surface area contributed by atoms with E-state index < -0.39 is 0 Å². The fourth-order valence-electron chi connectivity index (χ4n) is 3.31. The smallest absolute Gasteiger partial charge is 0.0289 e. The van der Waals surface area contributed by atoms with Gasteiger partial charge in [0.1, 0.15) is 0 Å². The molecular weight excluding hydrogens is 180 g/mol. The normalized spacial score (nSPS) is 18.7. The van der Waals surface area contributed by atoms with Gasteiger partial charge in [0, 0.05) is 5.41 Å². The molecule has 0 nitrogen and oxygen atoms in total. The van der Waals surface area contributed by atoms with Crippen molar-refractivity contribution in [2.24, 2.45) is 0 Å². The van der Waals surface area contributed by atoms with E-state index in [1.807, 2.05) is 0 Å². The first-order chi connectivity index (χ1) is 7.40. The largest absolute Gasteiger partial charge is 0.0620 e. The number of fused-ring (bicyclic) bond motifs is 4. The quantitative estimate of drug-likeness (QED) is 0.601. The van der Waals surface area contributed by atoms with Crippen molar-refractivity contribution in [3.8, 4) is 0 Å². The molecule has 0 heterocycles. The van der Waals surface area contributed by atoms with Crippen LogP contribution in [0.5, 0.6) is 0 Å². The highest BCUT2D eigenvalue weighted by Gasteiger charge is 2.50. The molecule has 0 radical (unpaired) electrons. The number of hydrogen-bond donors (Lipinski definition) is 0. The van der Waals surface area contributed by atoms with Crippen LogP contribution in [0.15, 0.2) is 48.5 Å². The van der Waals surface area contributed by atoms with Crippen LogP contribution in [0.25, 0.3) is 0 Å². The van der Waals surface area contributed by atoms with Crippen molar-refractivity contribution in [2.45, 2.75) is 18.3 Å². The SMILES string of the molecule is c1ccc2c(c1)CC21Cc2ccccc21. The summed E-state index contributed by atoms with van der Waals surface area (Å²) in [7, 11) is 0. The van der Waals surface area contributed by atoms with Crippen LogP contribution in [0, 0.1) is 0 Å². The summed E-state index contributed by atoms with van der Waals surface area (Å²) in [4.78, 5) is 0. The molecular formula is C15H12. The second kappa shape index (κ2) is 2.33. The van der Waals surface area contributed by atoms with Gasteiger partial charge in [0.25, 0.3) is 0 Å². The summed E-state index contributed by atoms with van der Waals surface area (Å²) >= 11 is 0. The zero-order valence-electron chi connectivity index (χ0n) is 8.53. The molecule has 15 heavy (non-hydrogen) atoms. The molecule has 4 rings (SSSR count). The molecule has 0 saturated heterocycles. The highest BCUT2D eigenvalue weighted by molar-refractivity contribution is 5.62. The van der Waals surface area contributed by atoms with Crippen LogP contribution in [0.1, 0.15) is 22.3 Å². The van der Waals surface area contributed by atoms with Crippen molar-refractivity contribution < 1.29 is 0 Å². The van der Waals surface area contributed by atoms with Gasteiger partial charge in [0.15, 0.2) is 0 Å². The van der Waals surface area contributed by atoms with Crippen LogP contribution in [-0.2, 0) is 18.3 Å². The molecule has 0 amide bonds. The van der Waals surface area contributed by atoms with Crippen molar-refractivity contribution >= 4 is 0 Å². The Morgan fingerprint density at radius 3 is 1.60 bits per heavy atom. The summed E-state index contributed by atoms with van der Waals surface area (Å²) in [6, 6.07) is 17.8. The topological polar surface area (TPSA) is 0 Å². The van der Waals surface area contributed by atoms with Gasteiger partial charge in [0.05, 0.1) is 0 Å². The van der Waals surface area contributed by atoms with E-state index in [0.29, 0.717) is 5.41 Å². The lowest BCUT2D eigenvalue weighted by Gasteiger charge is -2.52. The van der Waals surface area contributed by atoms with E-state index >= 15 is 0 Å². The Bertz CT molecular complexity index is 500. The molecule has 0 aliphatic heterocycles. The minimum Gasteiger partial charge on any atom is -0.0620 e. The van der Waals surface area contributed by atoms with E-state index in [0.717, 1.165) is 0 Å². The van der Waals surface area contributed by atoms with Crippen molar-refractivity contribution in [3.05, 3.63) is 70.8 Å². The molecule has 2 aromatic rings. The van der Waals surface area contributed by atoms with Gasteiger partial charge in [-0.25, -0.2) is 0 Å². The maximum absolute atomic E-state index is 2.30. The second-order valence-corrected chi connectivity index (χ2v) is 4.75. The lowest BCUT2D eigenvalue weighted by atomic mass is 9.50. The molecule has 1 spiro atoms. The molecule has 0 aromatic heterocycles. The molecule has 2 aliphatic carbocycles. The maximum atomic E-state index is 2.30. The summed E-state index contributed by atoms with van der Waals surface area (Å²) in [6.07, 6.45) is 2.50. The highest BCUT2D eigenvalue weighted by Crippen LogP contribution is 2.55. The predicted octanol–water partition coefficient (Wildman–Crippen LogP) is 3.08. The summed E-state index contributed by atoms with van der Waals surface area (Å²) in [5, 5.41) is 0. The van der Waals surface area contributed by atoms with Crippen LogP contribution < -0.4 is 0 Å². The standard InChI is InChI=1S/C15H12/c1-3-7-13-11(5-1)9-15(13)10-12-6-2-4-8-14(12)15/h1-8H,9-10H2. The van der Waals surface area contributed by atoms with Crippen molar-refractivity contribution in [1.29, 1.82) is 0 Å². The van der Waals surface area contributed by atoms with Crippen molar-refractivity contribution in [2.75, 3.05) is 0 Å². The Morgan fingerprint density at radius 1 is 0.667 bits per heavy atom. The fourth-order valence-corrected chi connectivity index (χ4v) is 3.31. The van der Waals surface area contributed by atoms with E-state index in [2.05, 4.69) is 48.5 Å².